The number of carbonyl (C=O) groups excluding carboxylic acids is 1. The number of ether oxygens (including phenoxy) is 1. The Morgan fingerprint density at radius 3 is 2.21 bits per heavy atom. The number of hydrogen-bond acceptors (Lipinski definition) is 3. The van der Waals surface area contributed by atoms with Crippen LogP contribution < -0.4 is 5.32 Å². The lowest BCUT2D eigenvalue weighted by atomic mass is 9.92. The molecule has 0 aromatic heterocycles. The average Bonchev–Trinajstić information content (AvgIpc) is 3.40. The van der Waals surface area contributed by atoms with Gasteiger partial charge < -0.3 is 15.2 Å². The van der Waals surface area contributed by atoms with Crippen LogP contribution in [0.15, 0.2) is 61.2 Å². The Labute approximate surface area is 164 Å². The Hall–Kier alpha value is -3.08. The number of nitrogens with one attached hydrogen (secondary N) is 1. The van der Waals surface area contributed by atoms with Gasteiger partial charge in [0.05, 0.1) is 0 Å². The van der Waals surface area contributed by atoms with Gasteiger partial charge in [0.1, 0.15) is 12.6 Å². The lowest BCUT2D eigenvalue weighted by Gasteiger charge is -2.23. The molecule has 28 heavy (non-hydrogen) atoms. The van der Waals surface area contributed by atoms with Gasteiger partial charge in [0.15, 0.2) is 0 Å². The smallest absolute Gasteiger partial charge is 0.407 e. The summed E-state index contributed by atoms with van der Waals surface area (Å²) in [6, 6.07) is 15.2. The number of carboxylic acids is 1. The molecule has 2 aromatic rings. The summed E-state index contributed by atoms with van der Waals surface area (Å²) in [5, 5.41) is 12.1. The third kappa shape index (κ3) is 3.17. The Morgan fingerprint density at radius 1 is 1.14 bits per heavy atom. The van der Waals surface area contributed by atoms with E-state index in [2.05, 4.69) is 24.0 Å². The fourth-order valence-corrected chi connectivity index (χ4v) is 4.29. The summed E-state index contributed by atoms with van der Waals surface area (Å²) in [5.41, 5.74) is 4.11. The maximum absolute atomic E-state index is 12.4. The predicted molar refractivity (Wildman–Crippen MR) is 106 cm³/mol. The van der Waals surface area contributed by atoms with E-state index in [0.717, 1.165) is 35.1 Å². The van der Waals surface area contributed by atoms with E-state index in [1.807, 2.05) is 36.4 Å². The predicted octanol–water partition coefficient (Wildman–Crippen LogP) is 4.33. The standard InChI is InChI=1S/C23H23NO4/c1-2-11-23(12-13-23)20(21(25)26)24-22(27)28-14-19-17-9-5-3-7-15(17)16-8-4-6-10-18(16)19/h2-10,19-20H,1,11-14H2,(H,24,27)(H,25,26)/t20-/m1/s1. The van der Waals surface area contributed by atoms with Crippen LogP contribution in [0.2, 0.25) is 0 Å². The first-order valence-corrected chi connectivity index (χ1v) is 9.51. The van der Waals surface area contributed by atoms with Crippen molar-refractivity contribution in [1.82, 2.24) is 5.32 Å². The molecule has 5 nitrogen and oxygen atoms in total. The molecular formula is C23H23NO4. The minimum Gasteiger partial charge on any atom is -0.480 e. The van der Waals surface area contributed by atoms with Gasteiger partial charge in [-0.05, 0) is 41.5 Å². The van der Waals surface area contributed by atoms with Crippen LogP contribution in [0.3, 0.4) is 0 Å². The van der Waals surface area contributed by atoms with Crippen LogP contribution in [0.5, 0.6) is 0 Å². The second-order valence-electron chi connectivity index (χ2n) is 7.60. The van der Waals surface area contributed by atoms with Gasteiger partial charge in [-0.15, -0.1) is 6.58 Å². The summed E-state index contributed by atoms with van der Waals surface area (Å²) in [7, 11) is 0. The molecule has 0 spiro atoms. The van der Waals surface area contributed by atoms with E-state index < -0.39 is 23.5 Å². The molecule has 0 unspecified atom stereocenters. The maximum Gasteiger partial charge on any atom is 0.407 e. The summed E-state index contributed by atoms with van der Waals surface area (Å²) in [6.07, 6.45) is 3.11. The Balaban J connectivity index is 1.47. The molecule has 1 amide bonds. The van der Waals surface area contributed by atoms with Gasteiger partial charge in [-0.3, -0.25) is 0 Å². The minimum absolute atomic E-state index is 0.0514. The highest BCUT2D eigenvalue weighted by Gasteiger charge is 2.52. The number of amides is 1. The van der Waals surface area contributed by atoms with E-state index >= 15 is 0 Å². The molecule has 5 heteroatoms. The molecule has 2 aliphatic rings. The number of carbonyl (C=O) groups is 2. The molecule has 4 rings (SSSR count). The Morgan fingerprint density at radius 2 is 1.71 bits per heavy atom. The van der Waals surface area contributed by atoms with Crippen LogP contribution in [-0.4, -0.2) is 29.8 Å². The lowest BCUT2D eigenvalue weighted by Crippen LogP contribution is -2.47. The van der Waals surface area contributed by atoms with E-state index in [1.165, 1.54) is 0 Å². The average molecular weight is 377 g/mol. The summed E-state index contributed by atoms with van der Waals surface area (Å²) < 4.78 is 5.48. The normalized spacial score (nSPS) is 17.1. The lowest BCUT2D eigenvalue weighted by molar-refractivity contribution is -0.141. The number of rotatable bonds is 7. The van der Waals surface area contributed by atoms with Crippen LogP contribution >= 0.6 is 0 Å². The topological polar surface area (TPSA) is 75.6 Å². The highest BCUT2D eigenvalue weighted by Crippen LogP contribution is 2.52. The van der Waals surface area contributed by atoms with Crippen LogP contribution in [0.1, 0.15) is 36.3 Å². The molecule has 2 aliphatic carbocycles. The van der Waals surface area contributed by atoms with E-state index in [1.54, 1.807) is 6.08 Å². The highest BCUT2D eigenvalue weighted by atomic mass is 16.5. The summed E-state index contributed by atoms with van der Waals surface area (Å²) in [6.45, 7) is 3.87. The molecule has 1 atom stereocenters. The molecule has 2 aromatic carbocycles. The first-order chi connectivity index (χ1) is 13.6. The van der Waals surface area contributed by atoms with Gasteiger partial charge in [0.25, 0.3) is 0 Å². The minimum atomic E-state index is -1.03. The van der Waals surface area contributed by atoms with E-state index in [9.17, 15) is 14.7 Å². The Kier molecular flexibility index (Phi) is 4.67. The number of allylic oxidation sites excluding steroid dienone is 1. The van der Waals surface area contributed by atoms with E-state index in [0.29, 0.717) is 6.42 Å². The highest BCUT2D eigenvalue weighted by molar-refractivity contribution is 5.82. The Bertz CT molecular complexity index is 886. The SMILES string of the molecule is C=CCC1([C@H](NC(=O)OCC2c3ccccc3-c3ccccc32)C(=O)O)CC1. The zero-order valence-corrected chi connectivity index (χ0v) is 15.6. The van der Waals surface area contributed by atoms with Crippen LogP contribution in [-0.2, 0) is 9.53 Å². The van der Waals surface area contributed by atoms with E-state index in [4.69, 9.17) is 4.74 Å². The van der Waals surface area contributed by atoms with Crippen LogP contribution in [0.25, 0.3) is 11.1 Å². The molecule has 2 N–H and O–H groups in total. The van der Waals surface area contributed by atoms with Gasteiger partial charge in [-0.1, -0.05) is 54.6 Å². The van der Waals surface area contributed by atoms with Gasteiger partial charge in [0, 0.05) is 11.3 Å². The number of fused-ring (bicyclic) bond motifs is 3. The van der Waals surface area contributed by atoms with Crippen molar-refractivity contribution in [3.05, 3.63) is 72.3 Å². The third-order valence-corrected chi connectivity index (χ3v) is 5.91. The van der Waals surface area contributed by atoms with Gasteiger partial charge >= 0.3 is 12.1 Å². The largest absolute Gasteiger partial charge is 0.480 e. The van der Waals surface area contributed by atoms with Crippen molar-refractivity contribution in [3.8, 4) is 11.1 Å². The van der Waals surface area contributed by atoms with Gasteiger partial charge in [-0.2, -0.15) is 0 Å². The molecule has 1 saturated carbocycles. The van der Waals surface area contributed by atoms with Crippen LogP contribution in [0.4, 0.5) is 4.79 Å². The fraction of sp³-hybridized carbons (Fsp3) is 0.304. The van der Waals surface area contributed by atoms with E-state index in [-0.39, 0.29) is 12.5 Å². The van der Waals surface area contributed by atoms with Crippen molar-refractivity contribution in [1.29, 1.82) is 0 Å². The maximum atomic E-state index is 12.4. The zero-order chi connectivity index (χ0) is 19.7. The van der Waals surface area contributed by atoms with Crippen molar-refractivity contribution in [3.63, 3.8) is 0 Å². The number of aliphatic carboxylic acids is 1. The molecular weight excluding hydrogens is 354 g/mol. The van der Waals surface area contributed by atoms with Crippen LogP contribution in [0, 0.1) is 5.41 Å². The molecule has 0 saturated heterocycles. The van der Waals surface area contributed by atoms with Crippen molar-refractivity contribution in [2.45, 2.75) is 31.2 Å². The summed E-state index contributed by atoms with van der Waals surface area (Å²) in [4.78, 5) is 24.1. The molecule has 144 valence electrons. The number of carboxylic acid groups (broad SMARTS) is 1. The molecule has 1 fully saturated rings. The number of alkyl carbamates (subject to hydrolysis) is 1. The summed E-state index contributed by atoms with van der Waals surface area (Å²) >= 11 is 0. The summed E-state index contributed by atoms with van der Waals surface area (Å²) in [5.74, 6) is -1.09. The van der Waals surface area contributed by atoms with Crippen molar-refractivity contribution < 1.29 is 19.4 Å². The first kappa shape index (κ1) is 18.3. The molecule has 0 aliphatic heterocycles. The second kappa shape index (κ2) is 7.15. The van der Waals surface area contributed by atoms with Gasteiger partial charge in [0.2, 0.25) is 0 Å². The van der Waals surface area contributed by atoms with Gasteiger partial charge in [-0.25, -0.2) is 9.59 Å². The molecule has 0 heterocycles. The fourth-order valence-electron chi connectivity index (χ4n) is 4.29. The third-order valence-electron chi connectivity index (χ3n) is 5.91. The number of benzene rings is 2. The van der Waals surface area contributed by atoms with Crippen molar-refractivity contribution in [2.24, 2.45) is 5.41 Å². The van der Waals surface area contributed by atoms with Crippen molar-refractivity contribution >= 4 is 12.1 Å². The molecule has 0 bridgehead atoms. The second-order valence-corrected chi connectivity index (χ2v) is 7.60. The molecule has 0 radical (unpaired) electrons. The monoisotopic (exact) mass is 377 g/mol. The quantitative estimate of drug-likeness (QED) is 0.704. The first-order valence-electron chi connectivity index (χ1n) is 9.51. The van der Waals surface area contributed by atoms with Crippen molar-refractivity contribution in [2.75, 3.05) is 6.61 Å². The zero-order valence-electron chi connectivity index (χ0n) is 15.6. The number of hydrogen-bond donors (Lipinski definition) is 2.